The maximum Gasteiger partial charge on any atom is 0.117 e. The molecule has 13 heavy (non-hydrogen) atoms. The minimum absolute atomic E-state index is 0.233. The van der Waals surface area contributed by atoms with Gasteiger partial charge in [-0.15, -0.1) is 0 Å². The van der Waals surface area contributed by atoms with Crippen LogP contribution < -0.4 is 0 Å². The molecule has 1 atom stereocenters. The lowest BCUT2D eigenvalue weighted by Gasteiger charge is -2.08. The van der Waals surface area contributed by atoms with Gasteiger partial charge in [-0.25, -0.2) is 0 Å². The fourth-order valence-electron chi connectivity index (χ4n) is 1.28. The van der Waals surface area contributed by atoms with E-state index in [1.165, 1.54) is 18.4 Å². The second-order valence-electron chi connectivity index (χ2n) is 3.93. The molecule has 1 aliphatic rings. The number of rotatable bonds is 1. The monoisotopic (exact) mass is 178 g/mol. The summed E-state index contributed by atoms with van der Waals surface area (Å²) < 4.78 is 0. The van der Waals surface area contributed by atoms with Crippen molar-refractivity contribution in [3.63, 3.8) is 0 Å². The molecule has 0 saturated carbocycles. The quantitative estimate of drug-likeness (QED) is 0.612. The third-order valence-electron chi connectivity index (χ3n) is 2.30. The van der Waals surface area contributed by atoms with E-state index in [2.05, 4.69) is 17.9 Å². The van der Waals surface area contributed by atoms with Crippen LogP contribution in [0.25, 0.3) is 0 Å². The standard InChI is InChI=1S/C12H18O/c1-10(2)12(13)9-8-11-6-4-3-5-7-11/h6,10,12-13H,3-5,7H2,1-2H3. The topological polar surface area (TPSA) is 20.2 Å². The second-order valence-corrected chi connectivity index (χ2v) is 3.93. The van der Waals surface area contributed by atoms with Crippen LogP contribution in [-0.4, -0.2) is 11.2 Å². The van der Waals surface area contributed by atoms with Crippen LogP contribution in [0.2, 0.25) is 0 Å². The first-order valence-corrected chi connectivity index (χ1v) is 5.09. The van der Waals surface area contributed by atoms with Gasteiger partial charge in [0.25, 0.3) is 0 Å². The Morgan fingerprint density at radius 2 is 2.15 bits per heavy atom. The molecular weight excluding hydrogens is 160 g/mol. The van der Waals surface area contributed by atoms with Crippen molar-refractivity contribution in [3.8, 4) is 11.8 Å². The Bertz CT molecular complexity index is 240. The molecule has 0 heterocycles. The molecule has 1 nitrogen and oxygen atoms in total. The van der Waals surface area contributed by atoms with Gasteiger partial charge in [-0.2, -0.15) is 0 Å². The molecule has 0 fully saturated rings. The van der Waals surface area contributed by atoms with Crippen molar-refractivity contribution >= 4 is 0 Å². The zero-order valence-corrected chi connectivity index (χ0v) is 8.51. The molecular formula is C12H18O. The van der Waals surface area contributed by atoms with Crippen molar-refractivity contribution < 1.29 is 5.11 Å². The minimum atomic E-state index is -0.470. The van der Waals surface area contributed by atoms with E-state index in [0.717, 1.165) is 12.8 Å². The average molecular weight is 178 g/mol. The number of aliphatic hydroxyl groups is 1. The molecule has 1 heteroatoms. The molecule has 0 aliphatic heterocycles. The molecule has 1 N–H and O–H groups in total. The number of hydrogen-bond acceptors (Lipinski definition) is 1. The van der Waals surface area contributed by atoms with Gasteiger partial charge in [0.1, 0.15) is 6.10 Å². The lowest BCUT2D eigenvalue weighted by molar-refractivity contribution is 0.181. The highest BCUT2D eigenvalue weighted by molar-refractivity contribution is 5.30. The van der Waals surface area contributed by atoms with E-state index >= 15 is 0 Å². The zero-order valence-electron chi connectivity index (χ0n) is 8.51. The van der Waals surface area contributed by atoms with Gasteiger partial charge in [0.05, 0.1) is 0 Å². The maximum absolute atomic E-state index is 9.46. The molecule has 1 rings (SSSR count). The first-order valence-electron chi connectivity index (χ1n) is 5.09. The highest BCUT2D eigenvalue weighted by atomic mass is 16.3. The van der Waals surface area contributed by atoms with Crippen molar-refractivity contribution in [2.24, 2.45) is 5.92 Å². The molecule has 0 aromatic heterocycles. The first-order chi connectivity index (χ1) is 6.20. The Labute approximate surface area is 80.9 Å². The molecule has 0 aromatic carbocycles. The van der Waals surface area contributed by atoms with Gasteiger partial charge in [0.2, 0.25) is 0 Å². The summed E-state index contributed by atoms with van der Waals surface area (Å²) in [5.41, 5.74) is 1.21. The Kier molecular flexibility index (Phi) is 4.05. The summed E-state index contributed by atoms with van der Waals surface area (Å²) in [5.74, 6) is 6.19. The van der Waals surface area contributed by atoms with Crippen LogP contribution in [0.3, 0.4) is 0 Å². The van der Waals surface area contributed by atoms with E-state index < -0.39 is 6.10 Å². The van der Waals surface area contributed by atoms with Gasteiger partial charge < -0.3 is 5.11 Å². The van der Waals surface area contributed by atoms with E-state index in [4.69, 9.17) is 0 Å². The van der Waals surface area contributed by atoms with Crippen LogP contribution in [0, 0.1) is 17.8 Å². The molecule has 0 radical (unpaired) electrons. The molecule has 72 valence electrons. The van der Waals surface area contributed by atoms with Crippen molar-refractivity contribution in [1.29, 1.82) is 0 Å². The van der Waals surface area contributed by atoms with E-state index in [0.29, 0.717) is 0 Å². The van der Waals surface area contributed by atoms with Crippen LogP contribution >= 0.6 is 0 Å². The Balaban J connectivity index is 2.50. The Morgan fingerprint density at radius 3 is 2.69 bits per heavy atom. The molecule has 1 unspecified atom stereocenters. The van der Waals surface area contributed by atoms with Gasteiger partial charge in [0.15, 0.2) is 0 Å². The fourth-order valence-corrected chi connectivity index (χ4v) is 1.28. The summed E-state index contributed by atoms with van der Waals surface area (Å²) in [4.78, 5) is 0. The first kappa shape index (κ1) is 10.3. The van der Waals surface area contributed by atoms with Crippen molar-refractivity contribution in [2.75, 3.05) is 0 Å². The summed E-state index contributed by atoms with van der Waals surface area (Å²) in [6.45, 7) is 3.96. The van der Waals surface area contributed by atoms with E-state index in [1.54, 1.807) is 0 Å². The number of aliphatic hydroxyl groups excluding tert-OH is 1. The normalized spacial score (nSPS) is 18.9. The summed E-state index contributed by atoms with van der Waals surface area (Å²) in [5, 5.41) is 9.46. The molecule has 0 saturated heterocycles. The Morgan fingerprint density at radius 1 is 1.38 bits per heavy atom. The van der Waals surface area contributed by atoms with Gasteiger partial charge in [-0.3, -0.25) is 0 Å². The third-order valence-corrected chi connectivity index (χ3v) is 2.30. The molecule has 0 bridgehead atoms. The smallest absolute Gasteiger partial charge is 0.117 e. The van der Waals surface area contributed by atoms with Gasteiger partial charge in [-0.1, -0.05) is 31.8 Å². The van der Waals surface area contributed by atoms with E-state index in [-0.39, 0.29) is 5.92 Å². The van der Waals surface area contributed by atoms with E-state index in [1.807, 2.05) is 13.8 Å². The zero-order chi connectivity index (χ0) is 9.68. The van der Waals surface area contributed by atoms with Crippen LogP contribution in [0.5, 0.6) is 0 Å². The third kappa shape index (κ3) is 3.65. The lowest BCUT2D eigenvalue weighted by Crippen LogP contribution is -2.11. The molecule has 0 amide bonds. The van der Waals surface area contributed by atoms with Gasteiger partial charge in [-0.05, 0) is 37.2 Å². The van der Waals surface area contributed by atoms with Crippen molar-refractivity contribution in [1.82, 2.24) is 0 Å². The molecule has 0 spiro atoms. The minimum Gasteiger partial charge on any atom is -0.380 e. The van der Waals surface area contributed by atoms with Gasteiger partial charge in [0, 0.05) is 0 Å². The molecule has 1 aliphatic carbocycles. The summed E-state index contributed by atoms with van der Waals surface area (Å²) in [7, 11) is 0. The fraction of sp³-hybridized carbons (Fsp3) is 0.667. The maximum atomic E-state index is 9.46. The van der Waals surface area contributed by atoms with Gasteiger partial charge >= 0.3 is 0 Å². The average Bonchev–Trinajstić information content (AvgIpc) is 2.15. The van der Waals surface area contributed by atoms with Crippen molar-refractivity contribution in [3.05, 3.63) is 11.6 Å². The lowest BCUT2D eigenvalue weighted by atomic mass is 9.99. The summed E-state index contributed by atoms with van der Waals surface area (Å²) in [6.07, 6.45) is 6.52. The molecule has 0 aromatic rings. The van der Waals surface area contributed by atoms with Crippen LogP contribution in [-0.2, 0) is 0 Å². The van der Waals surface area contributed by atoms with Crippen LogP contribution in [0.15, 0.2) is 11.6 Å². The summed E-state index contributed by atoms with van der Waals surface area (Å²) in [6, 6.07) is 0. The Hall–Kier alpha value is -0.740. The number of hydrogen-bond donors (Lipinski definition) is 1. The van der Waals surface area contributed by atoms with Crippen LogP contribution in [0.1, 0.15) is 39.5 Å². The highest BCUT2D eigenvalue weighted by Crippen LogP contribution is 2.16. The predicted molar refractivity (Wildman–Crippen MR) is 55.2 cm³/mol. The van der Waals surface area contributed by atoms with E-state index in [9.17, 15) is 5.11 Å². The predicted octanol–water partition coefficient (Wildman–Crippen LogP) is 2.51. The van der Waals surface area contributed by atoms with Crippen LogP contribution in [0.4, 0.5) is 0 Å². The largest absolute Gasteiger partial charge is 0.380 e. The SMILES string of the molecule is CC(C)C(O)C#CC1=CCCCC1. The second kappa shape index (κ2) is 5.09. The van der Waals surface area contributed by atoms with Crippen molar-refractivity contribution in [2.45, 2.75) is 45.6 Å². The summed E-state index contributed by atoms with van der Waals surface area (Å²) >= 11 is 0. The number of allylic oxidation sites excluding steroid dienone is 2. The highest BCUT2D eigenvalue weighted by Gasteiger charge is 2.04.